The van der Waals surface area contributed by atoms with Crippen LogP contribution in [0.4, 0.5) is 17.1 Å². The summed E-state index contributed by atoms with van der Waals surface area (Å²) < 4.78 is 2.39. The highest BCUT2D eigenvalue weighted by Crippen LogP contribution is 2.40. The van der Waals surface area contributed by atoms with E-state index in [0.717, 1.165) is 35.6 Å². The van der Waals surface area contributed by atoms with E-state index in [1.807, 2.05) is 0 Å². The van der Waals surface area contributed by atoms with Crippen molar-refractivity contribution in [1.29, 1.82) is 0 Å². The Balaban J connectivity index is 0.886. The monoisotopic (exact) mass is 868 g/mol. The van der Waals surface area contributed by atoms with Gasteiger partial charge < -0.3 is 9.47 Å². The molecule has 0 saturated heterocycles. The molecule has 0 unspecified atom stereocenters. The molecule has 0 radical (unpaired) electrons. The van der Waals surface area contributed by atoms with Gasteiger partial charge in [-0.15, -0.1) is 0 Å². The summed E-state index contributed by atoms with van der Waals surface area (Å²) in [5.74, 6) is 0. The van der Waals surface area contributed by atoms with E-state index in [1.165, 1.54) is 88.6 Å². The Morgan fingerprint density at radius 1 is 0.294 bits per heavy atom. The molecule has 0 bridgehead atoms. The van der Waals surface area contributed by atoms with E-state index in [4.69, 9.17) is 0 Å². The molecule has 11 aromatic rings. The molecule has 0 spiro atoms. The zero-order chi connectivity index (χ0) is 45.2. The van der Waals surface area contributed by atoms with Crippen LogP contribution in [0, 0.1) is 0 Å². The van der Waals surface area contributed by atoms with Crippen LogP contribution in [0.2, 0.25) is 0 Å². The Kier molecular flexibility index (Phi) is 10.7. The van der Waals surface area contributed by atoms with Gasteiger partial charge in [-0.2, -0.15) is 0 Å². The molecule has 10 aromatic carbocycles. The molecule has 322 valence electrons. The number of aromatic nitrogens is 1. The predicted molar refractivity (Wildman–Crippen MR) is 289 cm³/mol. The van der Waals surface area contributed by atoms with Crippen LogP contribution in [0.5, 0.6) is 0 Å². The Labute approximate surface area is 398 Å². The molecule has 1 aliphatic carbocycles. The highest BCUT2D eigenvalue weighted by molar-refractivity contribution is 6.09. The smallest absolute Gasteiger partial charge is 0.0541 e. The molecule has 0 fully saturated rings. The zero-order valence-electron chi connectivity index (χ0n) is 37.7. The maximum Gasteiger partial charge on any atom is 0.0541 e. The van der Waals surface area contributed by atoms with Gasteiger partial charge in [-0.25, -0.2) is 0 Å². The van der Waals surface area contributed by atoms with Gasteiger partial charge in [0.1, 0.15) is 0 Å². The van der Waals surface area contributed by atoms with Crippen molar-refractivity contribution in [2.24, 2.45) is 0 Å². The van der Waals surface area contributed by atoms with Crippen LogP contribution in [-0.4, -0.2) is 4.57 Å². The molecule has 0 atom stereocenters. The van der Waals surface area contributed by atoms with Gasteiger partial charge >= 0.3 is 0 Å². The van der Waals surface area contributed by atoms with Crippen LogP contribution in [-0.2, 0) is 0 Å². The van der Waals surface area contributed by atoms with Crippen molar-refractivity contribution >= 4 is 44.4 Å². The first-order valence-corrected chi connectivity index (χ1v) is 23.6. The average Bonchev–Trinajstić information content (AvgIpc) is 3.77. The van der Waals surface area contributed by atoms with E-state index < -0.39 is 0 Å². The molecule has 1 aliphatic rings. The van der Waals surface area contributed by atoms with Crippen LogP contribution < -0.4 is 4.90 Å². The largest absolute Gasteiger partial charge is 0.311 e. The lowest BCUT2D eigenvalue weighted by Gasteiger charge is -2.26. The van der Waals surface area contributed by atoms with Crippen molar-refractivity contribution < 1.29 is 0 Å². The summed E-state index contributed by atoms with van der Waals surface area (Å²) in [4.78, 5) is 2.37. The number of allylic oxidation sites excluding steroid dienone is 4. The van der Waals surface area contributed by atoms with Gasteiger partial charge in [-0.1, -0.05) is 188 Å². The van der Waals surface area contributed by atoms with Gasteiger partial charge in [0.05, 0.1) is 11.0 Å². The normalized spacial score (nSPS) is 12.3. The predicted octanol–water partition coefficient (Wildman–Crippen LogP) is 18.3. The third-order valence-corrected chi connectivity index (χ3v) is 13.4. The Hall–Kier alpha value is -8.72. The second kappa shape index (κ2) is 17.9. The number of rotatable bonds is 10. The van der Waals surface area contributed by atoms with Gasteiger partial charge in [0, 0.05) is 33.5 Å². The van der Waals surface area contributed by atoms with E-state index in [2.05, 4.69) is 276 Å². The molecule has 0 saturated carbocycles. The summed E-state index contributed by atoms with van der Waals surface area (Å²) in [6.07, 6.45) is 9.08. The maximum atomic E-state index is 2.39. The van der Waals surface area contributed by atoms with E-state index in [1.54, 1.807) is 0 Å². The van der Waals surface area contributed by atoms with E-state index in [-0.39, 0.29) is 0 Å². The minimum absolute atomic E-state index is 1.09. The van der Waals surface area contributed by atoms with Crippen LogP contribution in [0.25, 0.3) is 88.7 Å². The molecule has 68 heavy (non-hydrogen) atoms. The summed E-state index contributed by atoms with van der Waals surface area (Å²) in [6, 6.07) is 90.6. The molecule has 12 rings (SSSR count). The average molecular weight is 869 g/mol. The SMILES string of the molecule is C1=CC(c2cccc(-c3ccc(N(c4ccc(-c5cccc(-c6cccc(-c7ccccc7)c6)c5)cc4)c4ccc(-c5cccc(-n6c7ccccc7c7ccccc76)c5)cc4)cc3)c2)=CCC1. The molecule has 1 heterocycles. The maximum absolute atomic E-state index is 2.39. The number of benzene rings is 10. The van der Waals surface area contributed by atoms with Crippen molar-refractivity contribution in [1.82, 2.24) is 4.57 Å². The Morgan fingerprint density at radius 3 is 1.16 bits per heavy atom. The van der Waals surface area contributed by atoms with Crippen molar-refractivity contribution in [3.63, 3.8) is 0 Å². The summed E-state index contributed by atoms with van der Waals surface area (Å²) in [5, 5.41) is 2.53. The first kappa shape index (κ1) is 40.8. The van der Waals surface area contributed by atoms with Crippen molar-refractivity contribution in [3.8, 4) is 61.3 Å². The Bertz CT molecular complexity index is 3590. The molecule has 2 nitrogen and oxygen atoms in total. The minimum atomic E-state index is 1.09. The molecule has 0 aliphatic heterocycles. The fourth-order valence-electron chi connectivity index (χ4n) is 9.97. The fourth-order valence-corrected chi connectivity index (χ4v) is 9.97. The quantitative estimate of drug-likeness (QED) is 0.133. The van der Waals surface area contributed by atoms with E-state index in [0.29, 0.717) is 0 Å². The van der Waals surface area contributed by atoms with Gasteiger partial charge in [-0.3, -0.25) is 0 Å². The number of anilines is 3. The third kappa shape index (κ3) is 7.93. The highest BCUT2D eigenvalue weighted by atomic mass is 15.1. The van der Waals surface area contributed by atoms with E-state index >= 15 is 0 Å². The van der Waals surface area contributed by atoms with Gasteiger partial charge in [0.25, 0.3) is 0 Å². The number of hydrogen-bond donors (Lipinski definition) is 0. The number of fused-ring (bicyclic) bond motifs is 3. The molecule has 2 heteroatoms. The lowest BCUT2D eigenvalue weighted by Crippen LogP contribution is -2.09. The summed E-state index contributed by atoms with van der Waals surface area (Å²) in [6.45, 7) is 0. The van der Waals surface area contributed by atoms with Crippen LogP contribution in [0.15, 0.2) is 267 Å². The Morgan fingerprint density at radius 2 is 0.676 bits per heavy atom. The number of nitrogens with zero attached hydrogens (tertiary/aromatic N) is 2. The van der Waals surface area contributed by atoms with Crippen molar-refractivity contribution in [2.75, 3.05) is 4.90 Å². The highest BCUT2D eigenvalue weighted by Gasteiger charge is 2.16. The first-order valence-electron chi connectivity index (χ1n) is 23.6. The van der Waals surface area contributed by atoms with Crippen molar-refractivity contribution in [3.05, 3.63) is 273 Å². The van der Waals surface area contributed by atoms with Gasteiger partial charge in [0.2, 0.25) is 0 Å². The first-order chi connectivity index (χ1) is 33.7. The second-order valence-electron chi connectivity index (χ2n) is 17.6. The standard InChI is InChI=1S/C66H48N2/c1-3-15-47(16-4-1)52-19-11-21-54(43-52)49-31-37-59(38-32-49)67(60-39-33-50(34-40-60)55-22-13-24-57(45-55)56-23-12-20-53(44-56)48-17-5-2-6-18-48)61-41-35-51(36-42-61)58-25-14-26-62(46-58)68-65-29-9-7-27-63(65)64-28-8-10-30-66(64)68/h2-3,5-46H,1,4H2. The zero-order valence-corrected chi connectivity index (χ0v) is 37.7. The molecule has 1 aromatic heterocycles. The van der Waals surface area contributed by atoms with Gasteiger partial charge in [0.15, 0.2) is 0 Å². The van der Waals surface area contributed by atoms with Crippen LogP contribution in [0.1, 0.15) is 18.4 Å². The molecular weight excluding hydrogens is 821 g/mol. The second-order valence-corrected chi connectivity index (χ2v) is 17.6. The minimum Gasteiger partial charge on any atom is -0.311 e. The lowest BCUT2D eigenvalue weighted by molar-refractivity contribution is 1.04. The molecule has 0 N–H and O–H groups in total. The van der Waals surface area contributed by atoms with Crippen LogP contribution in [0.3, 0.4) is 0 Å². The number of para-hydroxylation sites is 2. The van der Waals surface area contributed by atoms with E-state index in [9.17, 15) is 0 Å². The third-order valence-electron chi connectivity index (χ3n) is 13.4. The summed E-state index contributed by atoms with van der Waals surface area (Å²) in [7, 11) is 0. The number of hydrogen-bond acceptors (Lipinski definition) is 1. The summed E-state index contributed by atoms with van der Waals surface area (Å²) >= 11 is 0. The van der Waals surface area contributed by atoms with Crippen molar-refractivity contribution in [2.45, 2.75) is 12.8 Å². The van der Waals surface area contributed by atoms with Crippen LogP contribution >= 0.6 is 0 Å². The topological polar surface area (TPSA) is 8.17 Å². The van der Waals surface area contributed by atoms with Gasteiger partial charge in [-0.05, 0) is 158 Å². The molecule has 0 amide bonds. The lowest BCUT2D eigenvalue weighted by atomic mass is 9.95. The summed E-state index contributed by atoms with van der Waals surface area (Å²) in [5.41, 5.74) is 21.3. The molecular formula is C66H48N2. The fraction of sp³-hybridized carbons (Fsp3) is 0.0303.